The summed E-state index contributed by atoms with van der Waals surface area (Å²) in [6, 6.07) is 0. The molecule has 1 saturated heterocycles. The van der Waals surface area contributed by atoms with Crippen LogP contribution in [0, 0.1) is 0 Å². The van der Waals surface area contributed by atoms with E-state index in [2.05, 4.69) is 15.3 Å². The number of hydrazine groups is 1. The van der Waals surface area contributed by atoms with Crippen LogP contribution >= 0.6 is 11.3 Å². The molecular formula is C12H19N5O2S. The molecule has 1 aliphatic heterocycles. The lowest BCUT2D eigenvalue weighted by atomic mass is 10.3. The van der Waals surface area contributed by atoms with Gasteiger partial charge in [-0.1, -0.05) is 0 Å². The first-order chi connectivity index (χ1) is 9.60. The van der Waals surface area contributed by atoms with Crippen molar-refractivity contribution in [3.63, 3.8) is 0 Å². The van der Waals surface area contributed by atoms with Gasteiger partial charge in [-0.25, -0.2) is 10.8 Å². The Kier molecular flexibility index (Phi) is 5.05. The van der Waals surface area contributed by atoms with E-state index in [0.29, 0.717) is 11.6 Å². The molecule has 1 aromatic heterocycles. The van der Waals surface area contributed by atoms with E-state index in [-0.39, 0.29) is 11.8 Å². The number of thiazole rings is 1. The molecule has 1 aliphatic rings. The van der Waals surface area contributed by atoms with Gasteiger partial charge in [-0.2, -0.15) is 0 Å². The molecule has 3 N–H and O–H groups in total. The Bertz CT molecular complexity index is 490. The number of nitrogen functional groups attached to an aromatic ring is 1. The first-order valence-corrected chi connectivity index (χ1v) is 7.41. The number of nitrogens with zero attached hydrogens (tertiary/aromatic N) is 3. The van der Waals surface area contributed by atoms with Gasteiger partial charge in [0, 0.05) is 45.0 Å². The highest BCUT2D eigenvalue weighted by Gasteiger charge is 2.18. The van der Waals surface area contributed by atoms with E-state index in [4.69, 9.17) is 5.84 Å². The lowest BCUT2D eigenvalue weighted by Gasteiger charge is -2.20. The maximum Gasteiger partial charge on any atom is 0.294 e. The second-order valence-corrected chi connectivity index (χ2v) is 5.61. The van der Waals surface area contributed by atoms with Gasteiger partial charge in [-0.3, -0.25) is 19.9 Å². The molecule has 0 atom stereocenters. The highest BCUT2D eigenvalue weighted by Crippen LogP contribution is 2.13. The number of aromatic nitrogens is 1. The fourth-order valence-electron chi connectivity index (χ4n) is 2.22. The molecule has 110 valence electrons. The van der Waals surface area contributed by atoms with Crippen molar-refractivity contribution in [2.45, 2.75) is 19.9 Å². The number of amides is 2. The number of nitrogens with two attached hydrogens (primary N) is 1. The zero-order valence-electron chi connectivity index (χ0n) is 11.5. The Labute approximate surface area is 121 Å². The van der Waals surface area contributed by atoms with Crippen LogP contribution in [0.4, 0.5) is 0 Å². The predicted octanol–water partition coefficient (Wildman–Crippen LogP) is -0.199. The summed E-state index contributed by atoms with van der Waals surface area (Å²) in [6.45, 7) is 5.61. The number of hydrogen-bond donors (Lipinski definition) is 2. The maximum atomic E-state index is 11.4. The van der Waals surface area contributed by atoms with Crippen LogP contribution in [0.3, 0.4) is 0 Å². The summed E-state index contributed by atoms with van der Waals surface area (Å²) in [5.41, 5.74) is 2.94. The van der Waals surface area contributed by atoms with Crippen LogP contribution in [0.25, 0.3) is 0 Å². The van der Waals surface area contributed by atoms with E-state index < -0.39 is 0 Å². The van der Waals surface area contributed by atoms with Crippen LogP contribution in [0.15, 0.2) is 5.38 Å². The second-order valence-electron chi connectivity index (χ2n) is 4.75. The van der Waals surface area contributed by atoms with Gasteiger partial charge < -0.3 is 4.90 Å². The third-order valence-corrected chi connectivity index (χ3v) is 4.19. The first-order valence-electron chi connectivity index (χ1n) is 6.53. The van der Waals surface area contributed by atoms with Crippen molar-refractivity contribution in [2.24, 2.45) is 5.84 Å². The normalized spacial score (nSPS) is 16.8. The molecule has 2 rings (SSSR count). The summed E-state index contributed by atoms with van der Waals surface area (Å²) < 4.78 is 0. The third-order valence-electron chi connectivity index (χ3n) is 3.30. The van der Waals surface area contributed by atoms with Crippen LogP contribution in [0.2, 0.25) is 0 Å². The molecule has 2 heterocycles. The highest BCUT2D eigenvalue weighted by atomic mass is 32.1. The number of carbonyl (C=O) groups excluding carboxylic acids is 2. The molecular weight excluding hydrogens is 278 g/mol. The fraction of sp³-hybridized carbons (Fsp3) is 0.583. The Hall–Kier alpha value is -1.51. The predicted molar refractivity (Wildman–Crippen MR) is 75.9 cm³/mol. The molecule has 20 heavy (non-hydrogen) atoms. The van der Waals surface area contributed by atoms with E-state index >= 15 is 0 Å². The third kappa shape index (κ3) is 3.75. The Balaban J connectivity index is 1.91. The van der Waals surface area contributed by atoms with Crippen molar-refractivity contribution >= 4 is 23.2 Å². The number of carbonyl (C=O) groups is 2. The van der Waals surface area contributed by atoms with Crippen molar-refractivity contribution in [2.75, 3.05) is 26.2 Å². The summed E-state index contributed by atoms with van der Waals surface area (Å²) in [4.78, 5) is 31.1. The fourth-order valence-corrected chi connectivity index (χ4v) is 2.93. The minimum Gasteiger partial charge on any atom is -0.342 e. The van der Waals surface area contributed by atoms with E-state index in [0.717, 1.165) is 38.3 Å². The first kappa shape index (κ1) is 14.9. The van der Waals surface area contributed by atoms with E-state index in [1.807, 2.05) is 10.3 Å². The largest absolute Gasteiger partial charge is 0.342 e. The average molecular weight is 297 g/mol. The minimum absolute atomic E-state index is 0.127. The molecule has 0 aromatic carbocycles. The van der Waals surface area contributed by atoms with Crippen LogP contribution < -0.4 is 11.3 Å². The Morgan fingerprint density at radius 2 is 2.20 bits per heavy atom. The highest BCUT2D eigenvalue weighted by molar-refractivity contribution is 7.11. The van der Waals surface area contributed by atoms with Crippen molar-refractivity contribution < 1.29 is 9.59 Å². The summed E-state index contributed by atoms with van der Waals surface area (Å²) >= 11 is 1.29. The van der Waals surface area contributed by atoms with Gasteiger partial charge in [0.15, 0.2) is 5.01 Å². The van der Waals surface area contributed by atoms with Gasteiger partial charge in [0.1, 0.15) is 0 Å². The number of rotatable bonds is 3. The molecule has 1 aromatic rings. The lowest BCUT2D eigenvalue weighted by molar-refractivity contribution is -0.128. The van der Waals surface area contributed by atoms with E-state index in [1.54, 1.807) is 6.92 Å². The number of nitrogens with one attached hydrogen (secondary N) is 1. The van der Waals surface area contributed by atoms with Crippen molar-refractivity contribution in [3.8, 4) is 0 Å². The molecule has 0 saturated carbocycles. The average Bonchev–Trinajstić information content (AvgIpc) is 2.76. The minimum atomic E-state index is -0.361. The monoisotopic (exact) mass is 297 g/mol. The maximum absolute atomic E-state index is 11.4. The van der Waals surface area contributed by atoms with Gasteiger partial charge in [0.05, 0.1) is 5.69 Å². The van der Waals surface area contributed by atoms with Crippen LogP contribution in [0.5, 0.6) is 0 Å². The summed E-state index contributed by atoms with van der Waals surface area (Å²) in [6.07, 6.45) is 0.958. The molecule has 1 fully saturated rings. The Morgan fingerprint density at radius 1 is 1.40 bits per heavy atom. The van der Waals surface area contributed by atoms with Crippen molar-refractivity contribution in [1.29, 1.82) is 0 Å². The summed E-state index contributed by atoms with van der Waals surface area (Å²) in [5.74, 6) is 4.85. The summed E-state index contributed by atoms with van der Waals surface area (Å²) in [7, 11) is 0. The molecule has 8 heteroatoms. The molecule has 0 aliphatic carbocycles. The molecule has 0 radical (unpaired) electrons. The topological polar surface area (TPSA) is 91.6 Å². The Morgan fingerprint density at radius 3 is 2.90 bits per heavy atom. The van der Waals surface area contributed by atoms with Gasteiger partial charge in [-0.05, 0) is 6.42 Å². The van der Waals surface area contributed by atoms with Gasteiger partial charge >= 0.3 is 0 Å². The van der Waals surface area contributed by atoms with Crippen LogP contribution in [0.1, 0.15) is 28.8 Å². The van der Waals surface area contributed by atoms with Crippen molar-refractivity contribution in [1.82, 2.24) is 20.2 Å². The standard InChI is InChI=1S/C12H19N5O2S/c1-9(18)17-4-2-3-16(5-6-17)7-10-8-20-12(14-10)11(19)15-13/h8H,2-7,13H2,1H3,(H,15,19). The molecule has 0 spiro atoms. The molecule has 2 amide bonds. The SMILES string of the molecule is CC(=O)N1CCCN(Cc2csc(C(=O)NN)n2)CC1. The molecule has 7 nitrogen and oxygen atoms in total. The van der Waals surface area contributed by atoms with E-state index in [1.165, 1.54) is 11.3 Å². The van der Waals surface area contributed by atoms with Gasteiger partial charge in [-0.15, -0.1) is 11.3 Å². The zero-order chi connectivity index (χ0) is 14.5. The zero-order valence-corrected chi connectivity index (χ0v) is 12.3. The lowest BCUT2D eigenvalue weighted by Crippen LogP contribution is -2.33. The summed E-state index contributed by atoms with van der Waals surface area (Å²) in [5, 5.41) is 2.25. The molecule has 0 unspecified atom stereocenters. The van der Waals surface area contributed by atoms with E-state index in [9.17, 15) is 9.59 Å². The van der Waals surface area contributed by atoms with Crippen molar-refractivity contribution in [3.05, 3.63) is 16.1 Å². The quantitative estimate of drug-likeness (QED) is 0.458. The van der Waals surface area contributed by atoms with Gasteiger partial charge in [0.2, 0.25) is 5.91 Å². The smallest absolute Gasteiger partial charge is 0.294 e. The van der Waals surface area contributed by atoms with Gasteiger partial charge in [0.25, 0.3) is 5.91 Å². The molecule has 0 bridgehead atoms. The van der Waals surface area contributed by atoms with Crippen LogP contribution in [-0.4, -0.2) is 52.8 Å². The van der Waals surface area contributed by atoms with Crippen LogP contribution in [-0.2, 0) is 11.3 Å². The second kappa shape index (κ2) is 6.78. The number of hydrogen-bond acceptors (Lipinski definition) is 6.